The first kappa shape index (κ1) is 14.9. The minimum atomic E-state index is -0.346. The summed E-state index contributed by atoms with van der Waals surface area (Å²) in [6.45, 7) is 4.67. The maximum atomic E-state index is 13.7. The largest absolute Gasteiger partial charge is 0.494 e. The van der Waals surface area contributed by atoms with E-state index in [4.69, 9.17) is 9.47 Å². The molecule has 4 heteroatoms. The number of benzene rings is 1. The van der Waals surface area contributed by atoms with E-state index in [1.807, 2.05) is 20.0 Å². The van der Waals surface area contributed by atoms with Gasteiger partial charge in [-0.15, -0.1) is 0 Å². The van der Waals surface area contributed by atoms with Gasteiger partial charge >= 0.3 is 0 Å². The molecule has 18 heavy (non-hydrogen) atoms. The van der Waals surface area contributed by atoms with Crippen molar-refractivity contribution < 1.29 is 13.9 Å². The molecule has 2 unspecified atom stereocenters. The van der Waals surface area contributed by atoms with Gasteiger partial charge in [-0.1, -0.05) is 13.0 Å². The number of hydrogen-bond donors (Lipinski definition) is 1. The molecule has 0 bridgehead atoms. The van der Waals surface area contributed by atoms with E-state index < -0.39 is 0 Å². The number of rotatable bonds is 7. The van der Waals surface area contributed by atoms with Gasteiger partial charge in [0.2, 0.25) is 0 Å². The van der Waals surface area contributed by atoms with Gasteiger partial charge in [-0.05, 0) is 38.1 Å². The number of hydrogen-bond acceptors (Lipinski definition) is 3. The van der Waals surface area contributed by atoms with Crippen LogP contribution in [-0.2, 0) is 4.74 Å². The number of ether oxygens (including phenoxy) is 2. The summed E-state index contributed by atoms with van der Waals surface area (Å²) in [4.78, 5) is 0. The minimum absolute atomic E-state index is 0.0182. The summed E-state index contributed by atoms with van der Waals surface area (Å²) in [5, 5.41) is 3.19. The van der Waals surface area contributed by atoms with Crippen LogP contribution in [0.1, 0.15) is 31.9 Å². The van der Waals surface area contributed by atoms with Crippen molar-refractivity contribution in [2.24, 2.45) is 0 Å². The second-order valence-corrected chi connectivity index (χ2v) is 4.06. The Morgan fingerprint density at radius 1 is 1.33 bits per heavy atom. The molecular formula is C14H22FNO2. The van der Waals surface area contributed by atoms with Crippen LogP contribution in [0, 0.1) is 5.82 Å². The highest BCUT2D eigenvalue weighted by atomic mass is 19.1. The molecule has 0 amide bonds. The van der Waals surface area contributed by atoms with E-state index in [-0.39, 0.29) is 23.7 Å². The lowest BCUT2D eigenvalue weighted by atomic mass is 9.99. The Balaban J connectivity index is 2.97. The third kappa shape index (κ3) is 3.43. The van der Waals surface area contributed by atoms with Crippen LogP contribution < -0.4 is 10.1 Å². The second kappa shape index (κ2) is 7.34. The molecule has 1 rings (SSSR count). The molecule has 0 saturated carbocycles. The van der Waals surface area contributed by atoms with Crippen LogP contribution in [0.2, 0.25) is 0 Å². The fourth-order valence-electron chi connectivity index (χ4n) is 2.11. The van der Waals surface area contributed by atoms with Gasteiger partial charge < -0.3 is 14.8 Å². The normalized spacial score (nSPS) is 14.3. The highest BCUT2D eigenvalue weighted by Crippen LogP contribution is 2.26. The van der Waals surface area contributed by atoms with Crippen LogP contribution in [0.25, 0.3) is 0 Å². The van der Waals surface area contributed by atoms with E-state index in [1.54, 1.807) is 6.07 Å². The van der Waals surface area contributed by atoms with E-state index >= 15 is 0 Å². The lowest BCUT2D eigenvalue weighted by Crippen LogP contribution is -2.31. The van der Waals surface area contributed by atoms with Crippen LogP contribution in [0.5, 0.6) is 5.75 Å². The Morgan fingerprint density at radius 2 is 2.06 bits per heavy atom. The van der Waals surface area contributed by atoms with Gasteiger partial charge in [0.05, 0.1) is 19.3 Å². The van der Waals surface area contributed by atoms with E-state index in [2.05, 4.69) is 12.2 Å². The Labute approximate surface area is 108 Å². The first-order chi connectivity index (χ1) is 8.67. The van der Waals surface area contributed by atoms with E-state index in [0.29, 0.717) is 6.61 Å². The first-order valence-corrected chi connectivity index (χ1v) is 6.30. The SMILES string of the molecule is CCOC(CC)C(NC)c1ccc(OC)c(F)c1. The average molecular weight is 255 g/mol. The minimum Gasteiger partial charge on any atom is -0.494 e. The van der Waals surface area contributed by atoms with Gasteiger partial charge in [0, 0.05) is 6.61 Å². The van der Waals surface area contributed by atoms with Crippen LogP contribution >= 0.6 is 0 Å². The molecule has 0 aliphatic rings. The van der Waals surface area contributed by atoms with Crippen molar-refractivity contribution in [1.29, 1.82) is 0 Å². The van der Waals surface area contributed by atoms with Gasteiger partial charge in [0.25, 0.3) is 0 Å². The molecule has 0 saturated heterocycles. The second-order valence-electron chi connectivity index (χ2n) is 4.06. The first-order valence-electron chi connectivity index (χ1n) is 6.30. The van der Waals surface area contributed by atoms with Gasteiger partial charge in [-0.2, -0.15) is 0 Å². The quantitative estimate of drug-likeness (QED) is 0.812. The topological polar surface area (TPSA) is 30.5 Å². The Bertz CT molecular complexity index is 371. The standard InChI is InChI=1S/C14H22FNO2/c1-5-12(18-6-2)14(16-3)10-7-8-13(17-4)11(15)9-10/h7-9,12,14,16H,5-6H2,1-4H3. The van der Waals surface area contributed by atoms with Crippen LogP contribution in [0.3, 0.4) is 0 Å². The van der Waals surface area contributed by atoms with Crippen molar-refractivity contribution in [3.05, 3.63) is 29.6 Å². The Hall–Kier alpha value is -1.13. The van der Waals surface area contributed by atoms with Crippen molar-refractivity contribution in [3.8, 4) is 5.75 Å². The molecule has 1 aromatic carbocycles. The zero-order valence-electron chi connectivity index (χ0n) is 11.5. The van der Waals surface area contributed by atoms with Crippen LogP contribution in [0.15, 0.2) is 18.2 Å². The molecule has 0 fully saturated rings. The van der Waals surface area contributed by atoms with Gasteiger partial charge in [-0.25, -0.2) is 4.39 Å². The number of likely N-dealkylation sites (N-methyl/N-ethyl adjacent to an activating group) is 1. The number of halogens is 1. The van der Waals surface area contributed by atoms with Gasteiger partial charge in [-0.3, -0.25) is 0 Å². The monoisotopic (exact) mass is 255 g/mol. The van der Waals surface area contributed by atoms with Crippen molar-refractivity contribution in [2.75, 3.05) is 20.8 Å². The lowest BCUT2D eigenvalue weighted by Gasteiger charge is -2.26. The van der Waals surface area contributed by atoms with Crippen molar-refractivity contribution in [3.63, 3.8) is 0 Å². The molecule has 3 nitrogen and oxygen atoms in total. The molecule has 0 radical (unpaired) electrons. The number of methoxy groups -OCH3 is 1. The fourth-order valence-corrected chi connectivity index (χ4v) is 2.11. The maximum absolute atomic E-state index is 13.7. The molecule has 0 spiro atoms. The molecule has 1 N–H and O–H groups in total. The predicted molar refractivity (Wildman–Crippen MR) is 70.5 cm³/mol. The smallest absolute Gasteiger partial charge is 0.165 e. The van der Waals surface area contributed by atoms with Crippen molar-refractivity contribution in [1.82, 2.24) is 5.32 Å². The number of nitrogens with one attached hydrogen (secondary N) is 1. The molecule has 0 aliphatic carbocycles. The molecular weight excluding hydrogens is 233 g/mol. The lowest BCUT2D eigenvalue weighted by molar-refractivity contribution is 0.0333. The van der Waals surface area contributed by atoms with Crippen LogP contribution in [-0.4, -0.2) is 26.9 Å². The summed E-state index contributed by atoms with van der Waals surface area (Å²) in [6, 6.07) is 5.00. The third-order valence-corrected chi connectivity index (χ3v) is 3.00. The van der Waals surface area contributed by atoms with Crippen LogP contribution in [0.4, 0.5) is 4.39 Å². The molecule has 0 aliphatic heterocycles. The summed E-state index contributed by atoms with van der Waals surface area (Å²) in [7, 11) is 3.32. The molecule has 0 heterocycles. The molecule has 102 valence electrons. The Kier molecular flexibility index (Phi) is 6.09. The van der Waals surface area contributed by atoms with E-state index in [9.17, 15) is 4.39 Å². The molecule has 2 atom stereocenters. The predicted octanol–water partition coefficient (Wildman–Crippen LogP) is 2.91. The summed E-state index contributed by atoms with van der Waals surface area (Å²) in [5.74, 6) is -0.0836. The third-order valence-electron chi connectivity index (χ3n) is 3.00. The van der Waals surface area contributed by atoms with Crippen molar-refractivity contribution >= 4 is 0 Å². The van der Waals surface area contributed by atoms with Gasteiger partial charge in [0.15, 0.2) is 11.6 Å². The summed E-state index contributed by atoms with van der Waals surface area (Å²) in [6.07, 6.45) is 0.903. The molecule has 0 aromatic heterocycles. The summed E-state index contributed by atoms with van der Waals surface area (Å²) >= 11 is 0. The van der Waals surface area contributed by atoms with E-state index in [0.717, 1.165) is 12.0 Å². The van der Waals surface area contributed by atoms with Gasteiger partial charge in [0.1, 0.15) is 0 Å². The maximum Gasteiger partial charge on any atom is 0.165 e. The highest BCUT2D eigenvalue weighted by molar-refractivity contribution is 5.31. The summed E-state index contributed by atoms with van der Waals surface area (Å²) < 4.78 is 24.3. The zero-order valence-corrected chi connectivity index (χ0v) is 11.5. The average Bonchev–Trinajstić information content (AvgIpc) is 2.38. The van der Waals surface area contributed by atoms with Crippen molar-refractivity contribution in [2.45, 2.75) is 32.4 Å². The van der Waals surface area contributed by atoms with E-state index in [1.165, 1.54) is 13.2 Å². The fraction of sp³-hybridized carbons (Fsp3) is 0.571. The molecule has 1 aromatic rings. The zero-order chi connectivity index (χ0) is 13.5. The summed E-state index contributed by atoms with van der Waals surface area (Å²) in [5.41, 5.74) is 0.871. The highest BCUT2D eigenvalue weighted by Gasteiger charge is 2.21. The Morgan fingerprint density at radius 3 is 2.50 bits per heavy atom.